The Balaban J connectivity index is 1.11. The molecule has 8 nitrogen and oxygen atoms in total. The maximum atomic E-state index is 13.3. The predicted octanol–water partition coefficient (Wildman–Crippen LogP) is 9.66. The molecule has 0 amide bonds. The maximum Gasteiger partial charge on any atom is 0.417 e. The highest BCUT2D eigenvalue weighted by Gasteiger charge is 2.27. The number of carbonyl (C=O) groups is 2. The molecule has 0 unspecified atom stereocenters. The van der Waals surface area contributed by atoms with Gasteiger partial charge < -0.3 is 18.9 Å². The van der Waals surface area contributed by atoms with Gasteiger partial charge in [-0.15, -0.1) is 0 Å². The highest BCUT2D eigenvalue weighted by Crippen LogP contribution is 2.32. The van der Waals surface area contributed by atoms with E-state index in [0.29, 0.717) is 47.2 Å². The van der Waals surface area contributed by atoms with Gasteiger partial charge in [-0.2, -0.15) is 0 Å². The first kappa shape index (κ1) is 38.0. The molecule has 54 heavy (non-hydrogen) atoms. The third-order valence-electron chi connectivity index (χ3n) is 8.60. The van der Waals surface area contributed by atoms with Crippen LogP contribution in [0.25, 0.3) is 22.3 Å². The average Bonchev–Trinajstić information content (AvgIpc) is 3.22. The summed E-state index contributed by atoms with van der Waals surface area (Å²) < 4.78 is 23.5. The molecule has 6 rings (SSSR count). The van der Waals surface area contributed by atoms with E-state index in [1.807, 2.05) is 109 Å². The standard InChI is InChI=1S/C44H38Cl2N2O6/c45-39-25-35(33-11-3-1-4-12-33)17-21-41(39)51-29-37(19-15-31-9-7-23-47-27-31)53-43(49)44(50)54-38(20-16-32-10-8-24-48-28-32)30-52-42-22-18-36(26-40(42)46)34-13-5-2-6-14-34/h1-14,17-18,21-28,37-38H,15-16,19-20,29-30H2/t37-,38-/m1/s1. The lowest BCUT2D eigenvalue weighted by molar-refractivity contribution is -0.176. The lowest BCUT2D eigenvalue weighted by atomic mass is 10.1. The molecule has 2 heterocycles. The van der Waals surface area contributed by atoms with Crippen LogP contribution >= 0.6 is 23.2 Å². The molecule has 0 saturated heterocycles. The Morgan fingerprint density at radius 3 is 1.31 bits per heavy atom. The van der Waals surface area contributed by atoms with Crippen LogP contribution in [0, 0.1) is 0 Å². The Bertz CT molecular complexity index is 1950. The lowest BCUT2D eigenvalue weighted by Crippen LogP contribution is -2.34. The molecular weight excluding hydrogens is 723 g/mol. The van der Waals surface area contributed by atoms with E-state index >= 15 is 0 Å². The number of aromatic nitrogens is 2. The fourth-order valence-electron chi connectivity index (χ4n) is 5.72. The molecule has 0 aliphatic carbocycles. The summed E-state index contributed by atoms with van der Waals surface area (Å²) in [6.07, 6.45) is 7.00. The van der Waals surface area contributed by atoms with Crippen molar-refractivity contribution < 1.29 is 28.5 Å². The Morgan fingerprint density at radius 2 is 0.944 bits per heavy atom. The van der Waals surface area contributed by atoms with Gasteiger partial charge in [0.25, 0.3) is 0 Å². The Kier molecular flexibility index (Phi) is 13.7. The number of nitrogens with zero attached hydrogens (tertiary/aromatic N) is 2. The average molecular weight is 762 g/mol. The number of pyridine rings is 2. The smallest absolute Gasteiger partial charge is 0.417 e. The van der Waals surface area contributed by atoms with E-state index < -0.39 is 24.1 Å². The van der Waals surface area contributed by atoms with Crippen molar-refractivity contribution >= 4 is 35.1 Å². The van der Waals surface area contributed by atoms with Crippen molar-refractivity contribution in [1.29, 1.82) is 0 Å². The monoisotopic (exact) mass is 760 g/mol. The minimum Gasteiger partial charge on any atom is -0.488 e. The lowest BCUT2D eigenvalue weighted by Gasteiger charge is -2.21. The molecule has 10 heteroatoms. The Hall–Kier alpha value is -5.70. The van der Waals surface area contributed by atoms with E-state index in [-0.39, 0.29) is 13.2 Å². The summed E-state index contributed by atoms with van der Waals surface area (Å²) in [4.78, 5) is 34.9. The molecule has 0 bridgehead atoms. The third-order valence-corrected chi connectivity index (χ3v) is 9.19. The highest BCUT2D eigenvalue weighted by atomic mass is 35.5. The molecule has 4 aromatic carbocycles. The molecule has 2 aromatic heterocycles. The molecule has 0 saturated carbocycles. The van der Waals surface area contributed by atoms with Crippen molar-refractivity contribution in [3.63, 3.8) is 0 Å². The minimum absolute atomic E-state index is 0.0469. The van der Waals surface area contributed by atoms with Gasteiger partial charge in [-0.05, 0) is 95.5 Å². The van der Waals surface area contributed by atoms with Crippen LogP contribution in [0.3, 0.4) is 0 Å². The summed E-state index contributed by atoms with van der Waals surface area (Å²) in [6.45, 7) is -0.0938. The second-order valence-electron chi connectivity index (χ2n) is 12.5. The summed E-state index contributed by atoms with van der Waals surface area (Å²) in [6, 6.07) is 38.2. The molecule has 6 aromatic rings. The number of halogens is 2. The quantitative estimate of drug-likeness (QED) is 0.0711. The first-order chi connectivity index (χ1) is 26.4. The predicted molar refractivity (Wildman–Crippen MR) is 210 cm³/mol. The third kappa shape index (κ3) is 11.2. The number of carbonyl (C=O) groups excluding carboxylic acids is 2. The molecular formula is C44H38Cl2N2O6. The topological polar surface area (TPSA) is 96.8 Å². The van der Waals surface area contributed by atoms with Crippen molar-refractivity contribution in [2.75, 3.05) is 13.2 Å². The number of benzene rings is 4. The second kappa shape index (κ2) is 19.4. The first-order valence-electron chi connectivity index (χ1n) is 17.6. The van der Waals surface area contributed by atoms with Crippen LogP contribution in [0.5, 0.6) is 11.5 Å². The number of ether oxygens (including phenoxy) is 4. The highest BCUT2D eigenvalue weighted by molar-refractivity contribution is 6.32. The fraction of sp³-hybridized carbons (Fsp3) is 0.182. The number of hydrogen-bond donors (Lipinski definition) is 0. The fourth-order valence-corrected chi connectivity index (χ4v) is 6.19. The molecule has 0 spiro atoms. The molecule has 0 N–H and O–H groups in total. The van der Waals surface area contributed by atoms with Crippen LogP contribution in [0.4, 0.5) is 0 Å². The van der Waals surface area contributed by atoms with Gasteiger partial charge in [-0.3, -0.25) is 9.97 Å². The van der Waals surface area contributed by atoms with E-state index in [4.69, 9.17) is 42.1 Å². The van der Waals surface area contributed by atoms with Gasteiger partial charge in [0.1, 0.15) is 36.9 Å². The molecule has 274 valence electrons. The van der Waals surface area contributed by atoms with Crippen LogP contribution in [0.1, 0.15) is 24.0 Å². The Morgan fingerprint density at radius 1 is 0.519 bits per heavy atom. The van der Waals surface area contributed by atoms with E-state index in [1.165, 1.54) is 0 Å². The van der Waals surface area contributed by atoms with Crippen molar-refractivity contribution in [2.24, 2.45) is 0 Å². The molecule has 0 fully saturated rings. The zero-order chi connectivity index (χ0) is 37.5. The largest absolute Gasteiger partial charge is 0.488 e. The van der Waals surface area contributed by atoms with E-state index in [2.05, 4.69) is 9.97 Å². The number of rotatable bonds is 16. The zero-order valence-electron chi connectivity index (χ0n) is 29.4. The summed E-state index contributed by atoms with van der Waals surface area (Å²) in [5, 5.41) is 0.804. The maximum absolute atomic E-state index is 13.3. The number of esters is 2. The summed E-state index contributed by atoms with van der Waals surface area (Å²) >= 11 is 13.2. The van der Waals surface area contributed by atoms with Gasteiger partial charge in [0.2, 0.25) is 0 Å². The summed E-state index contributed by atoms with van der Waals surface area (Å²) in [7, 11) is 0. The van der Waals surface area contributed by atoms with E-state index in [0.717, 1.165) is 33.4 Å². The van der Waals surface area contributed by atoms with Crippen LogP contribution in [-0.4, -0.2) is 47.3 Å². The van der Waals surface area contributed by atoms with Gasteiger partial charge >= 0.3 is 11.9 Å². The van der Waals surface area contributed by atoms with E-state index in [1.54, 1.807) is 36.9 Å². The SMILES string of the molecule is O=C(O[C@H](CCc1cccnc1)COc1ccc(-c2ccccc2)cc1Cl)C(=O)O[C@H](CCc1cccnc1)COc1ccc(-c2ccccc2)cc1Cl. The van der Waals surface area contributed by atoms with Gasteiger partial charge in [-0.1, -0.05) is 108 Å². The van der Waals surface area contributed by atoms with Gasteiger partial charge in [-0.25, -0.2) is 9.59 Å². The molecule has 0 aliphatic heterocycles. The van der Waals surface area contributed by atoms with Crippen molar-refractivity contribution in [3.05, 3.63) is 167 Å². The van der Waals surface area contributed by atoms with Gasteiger partial charge in [0.05, 0.1) is 10.0 Å². The van der Waals surface area contributed by atoms with E-state index in [9.17, 15) is 9.59 Å². The van der Waals surface area contributed by atoms with Gasteiger partial charge in [0.15, 0.2) is 0 Å². The minimum atomic E-state index is -1.14. The zero-order valence-corrected chi connectivity index (χ0v) is 30.9. The Labute approximate surface area is 324 Å². The van der Waals surface area contributed by atoms with Crippen LogP contribution in [0.15, 0.2) is 146 Å². The molecule has 0 radical (unpaired) electrons. The van der Waals surface area contributed by atoms with Gasteiger partial charge in [0, 0.05) is 24.8 Å². The number of hydrogen-bond acceptors (Lipinski definition) is 8. The van der Waals surface area contributed by atoms with Crippen molar-refractivity contribution in [1.82, 2.24) is 9.97 Å². The van der Waals surface area contributed by atoms with Crippen molar-refractivity contribution in [2.45, 2.75) is 37.9 Å². The second-order valence-corrected chi connectivity index (χ2v) is 13.3. The normalized spacial score (nSPS) is 12.0. The first-order valence-corrected chi connectivity index (χ1v) is 18.3. The summed E-state index contributed by atoms with van der Waals surface area (Å²) in [5.74, 6) is -1.44. The molecule has 0 aliphatic rings. The van der Waals surface area contributed by atoms with Crippen LogP contribution < -0.4 is 9.47 Å². The number of aryl methyl sites for hydroxylation is 2. The summed E-state index contributed by atoms with van der Waals surface area (Å²) in [5.41, 5.74) is 5.78. The molecule has 2 atom stereocenters. The van der Waals surface area contributed by atoms with Crippen molar-refractivity contribution in [3.8, 4) is 33.8 Å². The van der Waals surface area contributed by atoms with Crippen LogP contribution in [0.2, 0.25) is 10.0 Å². The van der Waals surface area contributed by atoms with Crippen LogP contribution in [-0.2, 0) is 31.9 Å².